The number of carbonyl (C=O) groups excluding carboxylic acids is 3. The van der Waals surface area contributed by atoms with Crippen LogP contribution in [0.5, 0.6) is 0 Å². The van der Waals surface area contributed by atoms with Crippen LogP contribution in [0.15, 0.2) is 28.9 Å². The third kappa shape index (κ3) is 4.43. The summed E-state index contributed by atoms with van der Waals surface area (Å²) >= 11 is 0. The number of hydrogen-bond acceptors (Lipinski definition) is 4. The summed E-state index contributed by atoms with van der Waals surface area (Å²) in [5.74, 6) is -0.148. The average molecular weight is 401 g/mol. The van der Waals surface area contributed by atoms with Gasteiger partial charge in [0.1, 0.15) is 11.4 Å². The summed E-state index contributed by atoms with van der Waals surface area (Å²) in [7, 11) is 0. The van der Waals surface area contributed by atoms with Gasteiger partial charge in [-0.2, -0.15) is 4.99 Å². The minimum atomic E-state index is -1.09. The van der Waals surface area contributed by atoms with Crippen molar-refractivity contribution in [2.24, 2.45) is 4.99 Å². The molecule has 1 saturated carbocycles. The van der Waals surface area contributed by atoms with E-state index in [9.17, 15) is 14.4 Å². The Kier molecular flexibility index (Phi) is 6.24. The third-order valence-corrected chi connectivity index (χ3v) is 5.89. The lowest BCUT2D eigenvalue weighted by atomic mass is 9.87. The van der Waals surface area contributed by atoms with Gasteiger partial charge in [-0.15, -0.1) is 0 Å². The Balaban J connectivity index is 1.93. The van der Waals surface area contributed by atoms with E-state index in [0.29, 0.717) is 5.84 Å². The summed E-state index contributed by atoms with van der Waals surface area (Å²) in [5.41, 5.74) is -0.223. The predicted molar refractivity (Wildman–Crippen MR) is 112 cm³/mol. The number of carbonyl (C=O) groups is 3. The van der Waals surface area contributed by atoms with Crippen LogP contribution in [0.4, 0.5) is 0 Å². The van der Waals surface area contributed by atoms with Gasteiger partial charge in [0.25, 0.3) is 5.91 Å². The van der Waals surface area contributed by atoms with Gasteiger partial charge in [-0.3, -0.25) is 14.4 Å². The number of allylic oxidation sites excluding steroid dienone is 3. The zero-order chi connectivity index (χ0) is 21.2. The Morgan fingerprint density at radius 1 is 1.31 bits per heavy atom. The van der Waals surface area contributed by atoms with Crippen molar-refractivity contribution in [3.8, 4) is 0 Å². The minimum Gasteiger partial charge on any atom is -0.352 e. The van der Waals surface area contributed by atoms with E-state index >= 15 is 0 Å². The van der Waals surface area contributed by atoms with E-state index in [2.05, 4.69) is 10.3 Å². The van der Waals surface area contributed by atoms with Crippen molar-refractivity contribution in [2.45, 2.75) is 83.8 Å². The second kappa shape index (κ2) is 8.51. The molecule has 0 aromatic carbocycles. The maximum absolute atomic E-state index is 13.9. The molecular formula is C22H32N4O3. The fourth-order valence-corrected chi connectivity index (χ4v) is 4.64. The van der Waals surface area contributed by atoms with Crippen molar-refractivity contribution < 1.29 is 14.4 Å². The molecule has 2 aliphatic heterocycles. The van der Waals surface area contributed by atoms with E-state index in [4.69, 9.17) is 0 Å². The van der Waals surface area contributed by atoms with Crippen LogP contribution in [0.25, 0.3) is 0 Å². The molecule has 3 aliphatic rings. The van der Waals surface area contributed by atoms with Crippen molar-refractivity contribution >= 4 is 23.6 Å². The number of hydrogen-bond donors (Lipinski definition) is 1. The molecule has 0 aromatic rings. The van der Waals surface area contributed by atoms with Crippen LogP contribution in [0, 0.1) is 0 Å². The number of rotatable bonds is 5. The van der Waals surface area contributed by atoms with Gasteiger partial charge in [0, 0.05) is 17.8 Å². The lowest BCUT2D eigenvalue weighted by molar-refractivity contribution is -0.149. The van der Waals surface area contributed by atoms with E-state index in [1.54, 1.807) is 17.9 Å². The molecule has 1 aliphatic carbocycles. The van der Waals surface area contributed by atoms with Crippen LogP contribution in [-0.2, 0) is 14.4 Å². The summed E-state index contributed by atoms with van der Waals surface area (Å²) in [6, 6.07) is 0.0295. The highest BCUT2D eigenvalue weighted by molar-refractivity contribution is 6.10. The number of amides is 3. The molecule has 0 unspecified atom stereocenters. The molecule has 0 saturated heterocycles. The summed E-state index contributed by atoms with van der Waals surface area (Å²) in [5, 5.41) is 2.90. The van der Waals surface area contributed by atoms with E-state index in [-0.39, 0.29) is 42.8 Å². The van der Waals surface area contributed by atoms with Crippen molar-refractivity contribution in [1.29, 1.82) is 0 Å². The number of amidine groups is 1. The summed E-state index contributed by atoms with van der Waals surface area (Å²) in [6.45, 7) is 7.54. The molecule has 2 heterocycles. The van der Waals surface area contributed by atoms with Crippen LogP contribution in [0.2, 0.25) is 0 Å². The van der Waals surface area contributed by atoms with Gasteiger partial charge >= 0.3 is 0 Å². The van der Waals surface area contributed by atoms with E-state index in [1.807, 2.05) is 37.8 Å². The Hall–Kier alpha value is -2.44. The van der Waals surface area contributed by atoms with Gasteiger partial charge in [0.15, 0.2) is 0 Å². The number of fused-ring (bicyclic) bond motifs is 1. The first-order valence-corrected chi connectivity index (χ1v) is 10.6. The molecular weight excluding hydrogens is 368 g/mol. The zero-order valence-corrected chi connectivity index (χ0v) is 17.9. The summed E-state index contributed by atoms with van der Waals surface area (Å²) in [4.78, 5) is 46.6. The van der Waals surface area contributed by atoms with Crippen LogP contribution < -0.4 is 5.32 Å². The first kappa shape index (κ1) is 21.3. The highest BCUT2D eigenvalue weighted by Gasteiger charge is 2.49. The molecule has 1 N–H and O–H groups in total. The lowest BCUT2D eigenvalue weighted by Crippen LogP contribution is -2.64. The molecule has 29 heavy (non-hydrogen) atoms. The largest absolute Gasteiger partial charge is 0.352 e. The molecule has 0 bridgehead atoms. The normalized spacial score (nSPS) is 24.7. The molecule has 7 heteroatoms. The second-order valence-electron chi connectivity index (χ2n) is 8.76. The lowest BCUT2D eigenvalue weighted by Gasteiger charge is -2.48. The second-order valence-corrected chi connectivity index (χ2v) is 8.76. The van der Waals surface area contributed by atoms with Gasteiger partial charge in [0.2, 0.25) is 11.8 Å². The maximum atomic E-state index is 13.9. The average Bonchev–Trinajstić information content (AvgIpc) is 2.65. The van der Waals surface area contributed by atoms with Gasteiger partial charge in [-0.1, -0.05) is 25.3 Å². The van der Waals surface area contributed by atoms with Crippen molar-refractivity contribution in [3.63, 3.8) is 0 Å². The van der Waals surface area contributed by atoms with Crippen LogP contribution in [-0.4, -0.2) is 57.5 Å². The van der Waals surface area contributed by atoms with E-state index in [1.165, 1.54) is 0 Å². The highest BCUT2D eigenvalue weighted by atomic mass is 16.2. The molecule has 3 rings (SSSR count). The van der Waals surface area contributed by atoms with Crippen molar-refractivity contribution in [2.75, 3.05) is 6.54 Å². The first-order chi connectivity index (χ1) is 13.7. The Morgan fingerprint density at radius 2 is 2.00 bits per heavy atom. The molecule has 0 radical (unpaired) electrons. The molecule has 1 fully saturated rings. The predicted octanol–water partition coefficient (Wildman–Crippen LogP) is 2.54. The third-order valence-electron chi connectivity index (χ3n) is 5.89. The fourth-order valence-electron chi connectivity index (χ4n) is 4.64. The number of nitrogens with zero attached hydrogens (tertiary/aromatic N) is 3. The standard InChI is InChI=1S/C22H32N4O3/c1-15(2)23-20(28)14-25(17-10-6-5-7-11-17)21(29)22(4)13-19(27)24-18-12-8-9-16(3)26(18)22/h8-9,12,15,17H,5-7,10-11,13-14H2,1-4H3,(H,23,28)/t22-/m0/s1. The fraction of sp³-hybridized carbons (Fsp3) is 0.636. The van der Waals surface area contributed by atoms with Crippen LogP contribution >= 0.6 is 0 Å². The van der Waals surface area contributed by atoms with Gasteiger partial charge in [-0.05, 0) is 52.7 Å². The van der Waals surface area contributed by atoms with Gasteiger partial charge in [0.05, 0.1) is 13.0 Å². The van der Waals surface area contributed by atoms with Gasteiger partial charge < -0.3 is 15.1 Å². The smallest absolute Gasteiger partial charge is 0.250 e. The summed E-state index contributed by atoms with van der Waals surface area (Å²) < 4.78 is 0. The Labute approximate surface area is 172 Å². The molecule has 3 amide bonds. The van der Waals surface area contributed by atoms with E-state index in [0.717, 1.165) is 37.8 Å². The number of nitrogens with one attached hydrogen (secondary N) is 1. The molecule has 158 valence electrons. The maximum Gasteiger partial charge on any atom is 0.250 e. The first-order valence-electron chi connectivity index (χ1n) is 10.6. The minimum absolute atomic E-state index is 0.00335. The Bertz CT molecular complexity index is 777. The van der Waals surface area contributed by atoms with Crippen molar-refractivity contribution in [1.82, 2.24) is 15.1 Å². The van der Waals surface area contributed by atoms with Crippen LogP contribution in [0.3, 0.4) is 0 Å². The molecule has 0 spiro atoms. The van der Waals surface area contributed by atoms with Gasteiger partial charge in [-0.25, -0.2) is 0 Å². The monoisotopic (exact) mass is 400 g/mol. The molecule has 0 aromatic heterocycles. The van der Waals surface area contributed by atoms with Crippen molar-refractivity contribution in [3.05, 3.63) is 23.9 Å². The van der Waals surface area contributed by atoms with Crippen LogP contribution in [0.1, 0.15) is 66.2 Å². The zero-order valence-electron chi connectivity index (χ0n) is 17.9. The Morgan fingerprint density at radius 3 is 2.66 bits per heavy atom. The molecule has 7 nitrogen and oxygen atoms in total. The topological polar surface area (TPSA) is 82.1 Å². The summed E-state index contributed by atoms with van der Waals surface area (Å²) in [6.07, 6.45) is 10.5. The number of aliphatic imine (C=N–C) groups is 1. The molecule has 1 atom stereocenters. The van der Waals surface area contributed by atoms with E-state index < -0.39 is 5.54 Å². The quantitative estimate of drug-likeness (QED) is 0.769. The SMILES string of the molecule is CC1=CC=CC2=NC(=O)C[C@@](C)(C(=O)N(CC(=O)NC(C)C)C3CCCCC3)N12. The highest BCUT2D eigenvalue weighted by Crippen LogP contribution is 2.35.